The van der Waals surface area contributed by atoms with Crippen LogP contribution in [0, 0.1) is 11.3 Å². The van der Waals surface area contributed by atoms with E-state index in [0.29, 0.717) is 10.6 Å². The minimum Gasteiger partial charge on any atom is -0.316 e. The van der Waals surface area contributed by atoms with Crippen LogP contribution in [0.4, 0.5) is 5.00 Å². The first-order chi connectivity index (χ1) is 12.8. The second kappa shape index (κ2) is 7.83. The van der Waals surface area contributed by atoms with Crippen LogP contribution < -0.4 is 5.32 Å². The predicted octanol–water partition coefficient (Wildman–Crippen LogP) is 3.86. The quantitative estimate of drug-likeness (QED) is 0.823. The summed E-state index contributed by atoms with van der Waals surface area (Å²) in [6, 6.07) is 8.66. The van der Waals surface area contributed by atoms with Crippen LogP contribution in [0.15, 0.2) is 29.2 Å². The van der Waals surface area contributed by atoms with E-state index in [1.807, 2.05) is 0 Å². The summed E-state index contributed by atoms with van der Waals surface area (Å²) in [7, 11) is -3.32. The Morgan fingerprint density at radius 2 is 1.89 bits per heavy atom. The van der Waals surface area contributed by atoms with Crippen molar-refractivity contribution in [2.24, 2.45) is 0 Å². The van der Waals surface area contributed by atoms with E-state index >= 15 is 0 Å². The van der Waals surface area contributed by atoms with Crippen LogP contribution in [-0.2, 0) is 33.9 Å². The largest absolute Gasteiger partial charge is 0.316 e. The van der Waals surface area contributed by atoms with Gasteiger partial charge in [0, 0.05) is 4.88 Å². The lowest BCUT2D eigenvalue weighted by Crippen LogP contribution is -2.15. The summed E-state index contributed by atoms with van der Waals surface area (Å²) < 4.78 is 24.3. The highest BCUT2D eigenvalue weighted by atomic mass is 32.2. The molecule has 0 spiro atoms. The summed E-state index contributed by atoms with van der Waals surface area (Å²) in [5, 5.41) is 12.5. The van der Waals surface area contributed by atoms with Gasteiger partial charge >= 0.3 is 0 Å². The second-order valence-electron chi connectivity index (χ2n) is 6.99. The zero-order valence-corrected chi connectivity index (χ0v) is 17.0. The number of benzene rings is 1. The smallest absolute Gasteiger partial charge is 0.229 e. The zero-order valence-electron chi connectivity index (χ0n) is 15.4. The van der Waals surface area contributed by atoms with Gasteiger partial charge in [-0.05, 0) is 62.8 Å². The Labute approximate surface area is 164 Å². The van der Waals surface area contributed by atoms with Gasteiger partial charge in [-0.15, -0.1) is 11.3 Å². The highest BCUT2D eigenvalue weighted by molar-refractivity contribution is 7.92. The van der Waals surface area contributed by atoms with Crippen molar-refractivity contribution in [1.82, 2.24) is 0 Å². The van der Waals surface area contributed by atoms with Gasteiger partial charge in [-0.2, -0.15) is 5.26 Å². The van der Waals surface area contributed by atoms with E-state index in [4.69, 9.17) is 0 Å². The molecule has 1 N–H and O–H groups in total. The molecule has 27 heavy (non-hydrogen) atoms. The highest BCUT2D eigenvalue weighted by Gasteiger charge is 2.22. The fourth-order valence-electron chi connectivity index (χ4n) is 3.20. The van der Waals surface area contributed by atoms with Crippen LogP contribution in [0.1, 0.15) is 48.3 Å². The number of hydrogen-bond acceptors (Lipinski definition) is 5. The number of nitrogens with zero attached hydrogens (tertiary/aromatic N) is 1. The van der Waals surface area contributed by atoms with Crippen molar-refractivity contribution < 1.29 is 13.2 Å². The van der Waals surface area contributed by atoms with Gasteiger partial charge in [0.1, 0.15) is 11.1 Å². The van der Waals surface area contributed by atoms with E-state index in [9.17, 15) is 18.5 Å². The SMILES string of the molecule is CC(C)S(=O)(=O)c1ccc(CC(=O)Nc2sc3c(c2C#N)CCCC3)cc1. The minimum atomic E-state index is -3.32. The first-order valence-corrected chi connectivity index (χ1v) is 11.4. The second-order valence-corrected chi connectivity index (χ2v) is 10.6. The lowest BCUT2D eigenvalue weighted by Gasteiger charge is -2.09. The highest BCUT2D eigenvalue weighted by Crippen LogP contribution is 2.37. The monoisotopic (exact) mass is 402 g/mol. The van der Waals surface area contributed by atoms with Gasteiger partial charge in [0.05, 0.1) is 22.1 Å². The molecule has 7 heteroatoms. The molecule has 0 atom stereocenters. The molecule has 0 fully saturated rings. The number of thiophene rings is 1. The average molecular weight is 403 g/mol. The van der Waals surface area contributed by atoms with Crippen LogP contribution in [0.25, 0.3) is 0 Å². The molecular formula is C20H22N2O3S2. The van der Waals surface area contributed by atoms with Crippen LogP contribution in [0.2, 0.25) is 0 Å². The molecule has 1 aromatic heterocycles. The van der Waals surface area contributed by atoms with E-state index in [2.05, 4.69) is 11.4 Å². The molecule has 0 radical (unpaired) electrons. The van der Waals surface area contributed by atoms with E-state index in [-0.39, 0.29) is 17.2 Å². The lowest BCUT2D eigenvalue weighted by molar-refractivity contribution is -0.115. The van der Waals surface area contributed by atoms with E-state index < -0.39 is 15.1 Å². The summed E-state index contributed by atoms with van der Waals surface area (Å²) >= 11 is 1.50. The molecule has 1 amide bonds. The van der Waals surface area contributed by atoms with Crippen molar-refractivity contribution in [1.29, 1.82) is 5.26 Å². The van der Waals surface area contributed by atoms with Crippen LogP contribution in [0.5, 0.6) is 0 Å². The molecule has 1 aromatic carbocycles. The first kappa shape index (κ1) is 19.6. The summed E-state index contributed by atoms with van der Waals surface area (Å²) in [5.41, 5.74) is 2.42. The van der Waals surface area contributed by atoms with Crippen LogP contribution in [0.3, 0.4) is 0 Å². The molecule has 5 nitrogen and oxygen atoms in total. The number of nitrogens with one attached hydrogen (secondary N) is 1. The predicted molar refractivity (Wildman–Crippen MR) is 107 cm³/mol. The van der Waals surface area contributed by atoms with E-state index in [1.165, 1.54) is 16.2 Å². The van der Waals surface area contributed by atoms with Crippen molar-refractivity contribution in [3.8, 4) is 6.07 Å². The number of fused-ring (bicyclic) bond motifs is 1. The number of aryl methyl sites for hydroxylation is 1. The van der Waals surface area contributed by atoms with Gasteiger partial charge in [-0.1, -0.05) is 12.1 Å². The molecule has 2 aromatic rings. The van der Waals surface area contributed by atoms with E-state index in [0.717, 1.165) is 36.8 Å². The number of hydrogen-bond donors (Lipinski definition) is 1. The number of carbonyl (C=O) groups is 1. The normalized spacial score (nSPS) is 13.9. The summed E-state index contributed by atoms with van der Waals surface area (Å²) in [6.07, 6.45) is 4.21. The Morgan fingerprint density at radius 1 is 1.22 bits per heavy atom. The molecule has 3 rings (SSSR count). The Morgan fingerprint density at radius 3 is 2.52 bits per heavy atom. The fourth-order valence-corrected chi connectivity index (χ4v) is 5.51. The number of sulfone groups is 1. The first-order valence-electron chi connectivity index (χ1n) is 9.00. The Balaban J connectivity index is 1.72. The molecule has 1 aliphatic carbocycles. The number of rotatable bonds is 5. The van der Waals surface area contributed by atoms with Crippen molar-refractivity contribution in [3.05, 3.63) is 45.8 Å². The lowest BCUT2D eigenvalue weighted by atomic mass is 9.96. The van der Waals surface area contributed by atoms with Gasteiger partial charge in [0.2, 0.25) is 5.91 Å². The molecule has 0 bridgehead atoms. The average Bonchev–Trinajstić information content (AvgIpc) is 2.98. The standard InChI is InChI=1S/C20H22N2O3S2/c1-13(2)27(24,25)15-9-7-14(8-10-15)11-19(23)22-20-17(12-21)16-5-3-4-6-18(16)26-20/h7-10,13H,3-6,11H2,1-2H3,(H,22,23). The summed E-state index contributed by atoms with van der Waals surface area (Å²) in [6.45, 7) is 3.29. The van der Waals surface area contributed by atoms with Crippen LogP contribution in [-0.4, -0.2) is 19.6 Å². The fraction of sp³-hybridized carbons (Fsp3) is 0.400. The maximum absolute atomic E-state index is 12.4. The Bertz CT molecular complexity index is 997. The minimum absolute atomic E-state index is 0.134. The maximum atomic E-state index is 12.4. The summed E-state index contributed by atoms with van der Waals surface area (Å²) in [4.78, 5) is 13.9. The van der Waals surface area contributed by atoms with Gasteiger partial charge in [0.25, 0.3) is 0 Å². The molecule has 1 aliphatic rings. The number of anilines is 1. The molecule has 0 saturated carbocycles. The van der Waals surface area contributed by atoms with E-state index in [1.54, 1.807) is 38.1 Å². The third kappa shape index (κ3) is 4.07. The van der Waals surface area contributed by atoms with Crippen molar-refractivity contribution in [2.45, 2.75) is 56.1 Å². The number of nitriles is 1. The van der Waals surface area contributed by atoms with Gasteiger partial charge in [-0.3, -0.25) is 4.79 Å². The van der Waals surface area contributed by atoms with Gasteiger partial charge < -0.3 is 5.32 Å². The third-order valence-electron chi connectivity index (χ3n) is 4.77. The van der Waals surface area contributed by atoms with Crippen molar-refractivity contribution in [3.63, 3.8) is 0 Å². The third-order valence-corrected chi connectivity index (χ3v) is 8.15. The molecule has 0 unspecified atom stereocenters. The zero-order chi connectivity index (χ0) is 19.6. The Hall–Kier alpha value is -2.17. The van der Waals surface area contributed by atoms with Gasteiger partial charge in [0.15, 0.2) is 9.84 Å². The molecule has 0 aliphatic heterocycles. The molecule has 142 valence electrons. The topological polar surface area (TPSA) is 87.0 Å². The van der Waals surface area contributed by atoms with Crippen LogP contribution >= 0.6 is 11.3 Å². The van der Waals surface area contributed by atoms with Gasteiger partial charge in [-0.25, -0.2) is 8.42 Å². The Kier molecular flexibility index (Phi) is 5.68. The maximum Gasteiger partial charge on any atom is 0.229 e. The van der Waals surface area contributed by atoms with Crippen molar-refractivity contribution in [2.75, 3.05) is 5.32 Å². The molecule has 0 saturated heterocycles. The number of carbonyl (C=O) groups excluding carboxylic acids is 1. The molecular weight excluding hydrogens is 380 g/mol. The van der Waals surface area contributed by atoms with Crippen molar-refractivity contribution >= 4 is 32.1 Å². The molecule has 1 heterocycles. The number of amides is 1. The summed E-state index contributed by atoms with van der Waals surface area (Å²) in [5.74, 6) is -0.204.